The quantitative estimate of drug-likeness (QED) is 0.323. The number of pyridine rings is 2. The number of aliphatic hydroxyl groups is 2. The Labute approximate surface area is 232 Å². The maximum Gasteiger partial charge on any atom is 0.412 e. The van der Waals surface area contributed by atoms with Gasteiger partial charge >= 0.3 is 12.2 Å². The Kier molecular flexibility index (Phi) is 7.94. The fraction of sp³-hybridized carbons (Fsp3) is 0.333. The smallest absolute Gasteiger partial charge is 0.412 e. The number of benzene rings is 1. The first-order valence-corrected chi connectivity index (χ1v) is 12.8. The molecule has 216 valence electrons. The molecule has 0 saturated carbocycles. The predicted molar refractivity (Wildman–Crippen MR) is 142 cm³/mol. The van der Waals surface area contributed by atoms with E-state index in [4.69, 9.17) is 9.84 Å². The Hall–Kier alpha value is -4.43. The van der Waals surface area contributed by atoms with Crippen molar-refractivity contribution in [1.82, 2.24) is 15.3 Å². The van der Waals surface area contributed by atoms with Gasteiger partial charge in [-0.25, -0.2) is 14.8 Å². The number of nitrogens with one attached hydrogen (secondary N) is 2. The monoisotopic (exact) mass is 572 g/mol. The molecule has 5 rings (SSSR count). The minimum absolute atomic E-state index is 0.124. The van der Waals surface area contributed by atoms with Crippen molar-refractivity contribution in [2.75, 3.05) is 41.4 Å². The second-order valence-electron chi connectivity index (χ2n) is 9.61. The zero-order valence-corrected chi connectivity index (χ0v) is 21.6. The number of alkyl halides is 3. The van der Waals surface area contributed by atoms with Crippen LogP contribution in [0.25, 0.3) is 0 Å². The van der Waals surface area contributed by atoms with E-state index in [0.717, 1.165) is 0 Å². The second-order valence-corrected chi connectivity index (χ2v) is 9.61. The Morgan fingerprint density at radius 3 is 2.66 bits per heavy atom. The lowest BCUT2D eigenvalue weighted by Gasteiger charge is -2.35. The SMILES string of the molecule is O=C(N[C@H](c1ccccc1)C(F)(F)F)c1ccc2c(n1)N(C(=O)Nc1cc(OC[C@H](O)CO)ccn1)[C@H]1CCN2C1. The van der Waals surface area contributed by atoms with Crippen LogP contribution in [0.5, 0.6) is 5.75 Å². The molecule has 2 aliphatic heterocycles. The summed E-state index contributed by atoms with van der Waals surface area (Å²) in [5, 5.41) is 23.2. The summed E-state index contributed by atoms with van der Waals surface area (Å²) in [4.78, 5) is 38.3. The first-order valence-electron chi connectivity index (χ1n) is 12.8. The highest BCUT2D eigenvalue weighted by Gasteiger charge is 2.43. The van der Waals surface area contributed by atoms with Crippen molar-refractivity contribution in [3.05, 3.63) is 72.1 Å². The summed E-state index contributed by atoms with van der Waals surface area (Å²) in [6.45, 7) is 0.512. The Morgan fingerprint density at radius 1 is 1.15 bits per heavy atom. The lowest BCUT2D eigenvalue weighted by atomic mass is 10.1. The van der Waals surface area contributed by atoms with E-state index in [9.17, 15) is 27.9 Å². The molecule has 4 N–H and O–H groups in total. The van der Waals surface area contributed by atoms with Crippen molar-refractivity contribution in [1.29, 1.82) is 0 Å². The number of carbonyl (C=O) groups excluding carboxylic acids is 2. The van der Waals surface area contributed by atoms with Crippen LogP contribution >= 0.6 is 0 Å². The number of fused-ring (bicyclic) bond motifs is 4. The van der Waals surface area contributed by atoms with E-state index in [-0.39, 0.29) is 35.5 Å². The van der Waals surface area contributed by atoms with Gasteiger partial charge in [-0.3, -0.25) is 15.0 Å². The molecule has 3 atom stereocenters. The van der Waals surface area contributed by atoms with Crippen LogP contribution in [0.4, 0.5) is 35.3 Å². The van der Waals surface area contributed by atoms with Crippen molar-refractivity contribution in [2.24, 2.45) is 0 Å². The molecule has 0 unspecified atom stereocenters. The summed E-state index contributed by atoms with van der Waals surface area (Å²) in [6, 6.07) is 9.76. The van der Waals surface area contributed by atoms with E-state index in [1.54, 1.807) is 12.1 Å². The first kappa shape index (κ1) is 28.1. The lowest BCUT2D eigenvalue weighted by Crippen LogP contribution is -2.48. The van der Waals surface area contributed by atoms with E-state index in [2.05, 4.69) is 15.3 Å². The molecule has 1 aromatic carbocycles. The van der Waals surface area contributed by atoms with Crippen LogP contribution in [0.15, 0.2) is 60.8 Å². The van der Waals surface area contributed by atoms with E-state index >= 15 is 0 Å². The van der Waals surface area contributed by atoms with Gasteiger partial charge < -0.3 is 25.2 Å². The van der Waals surface area contributed by atoms with Crippen molar-refractivity contribution in [3.8, 4) is 5.75 Å². The minimum atomic E-state index is -4.75. The van der Waals surface area contributed by atoms with Gasteiger partial charge in [0.05, 0.1) is 18.3 Å². The predicted octanol–water partition coefficient (Wildman–Crippen LogP) is 2.87. The van der Waals surface area contributed by atoms with Gasteiger partial charge in [-0.2, -0.15) is 13.2 Å². The zero-order valence-electron chi connectivity index (χ0n) is 21.6. The number of aromatic nitrogens is 2. The van der Waals surface area contributed by atoms with Gasteiger partial charge in [-0.05, 0) is 30.2 Å². The molecule has 3 aromatic rings. The lowest BCUT2D eigenvalue weighted by molar-refractivity contribution is -0.155. The molecule has 0 aliphatic carbocycles. The summed E-state index contributed by atoms with van der Waals surface area (Å²) in [5.41, 5.74) is 0.176. The van der Waals surface area contributed by atoms with Crippen molar-refractivity contribution in [2.45, 2.75) is 30.8 Å². The number of hydrogen-bond donors (Lipinski definition) is 4. The topological polar surface area (TPSA) is 140 Å². The van der Waals surface area contributed by atoms with Crippen LogP contribution in [0.3, 0.4) is 0 Å². The zero-order chi connectivity index (χ0) is 29.1. The van der Waals surface area contributed by atoms with Crippen LogP contribution in [-0.2, 0) is 0 Å². The fourth-order valence-corrected chi connectivity index (χ4v) is 4.79. The molecule has 11 nitrogen and oxygen atoms in total. The molecular weight excluding hydrogens is 545 g/mol. The van der Waals surface area contributed by atoms with Crippen molar-refractivity contribution < 1.29 is 37.7 Å². The molecule has 41 heavy (non-hydrogen) atoms. The highest BCUT2D eigenvalue weighted by Crippen LogP contribution is 2.39. The number of amides is 3. The van der Waals surface area contributed by atoms with Crippen LogP contribution in [-0.4, -0.2) is 76.7 Å². The number of ether oxygens (including phenoxy) is 1. The first-order chi connectivity index (χ1) is 19.6. The van der Waals surface area contributed by atoms with Crippen LogP contribution in [0, 0.1) is 0 Å². The van der Waals surface area contributed by atoms with Gasteiger partial charge in [-0.15, -0.1) is 0 Å². The van der Waals surface area contributed by atoms with Gasteiger partial charge in [0.25, 0.3) is 5.91 Å². The molecule has 0 radical (unpaired) electrons. The fourth-order valence-electron chi connectivity index (χ4n) is 4.79. The maximum atomic E-state index is 13.8. The Morgan fingerprint density at radius 2 is 1.93 bits per heavy atom. The average molecular weight is 573 g/mol. The largest absolute Gasteiger partial charge is 0.491 e. The standard InChI is InChI=1S/C27H27F3N6O5/c28-27(29,30)23(16-4-2-1-3-5-16)34-25(39)20-6-7-21-24(32-20)36(17-9-11-35(21)13-17)26(40)33-22-12-19(8-10-31-22)41-15-18(38)14-37/h1-8,10,12,17-18,23,37-38H,9,11,13-15H2,(H,34,39)(H,31,33,40)/t17-,18+,23+/m0/s1. The molecular formula is C27H27F3N6O5. The number of nitrogens with zero attached hydrogens (tertiary/aromatic N) is 4. The van der Waals surface area contributed by atoms with Gasteiger partial charge in [0.15, 0.2) is 11.9 Å². The number of anilines is 3. The van der Waals surface area contributed by atoms with Gasteiger partial charge in [0.2, 0.25) is 0 Å². The van der Waals surface area contributed by atoms with Crippen LogP contribution in [0.2, 0.25) is 0 Å². The molecule has 2 aliphatic rings. The molecule has 2 aromatic heterocycles. The third-order valence-electron chi connectivity index (χ3n) is 6.76. The second kappa shape index (κ2) is 11.6. The number of urea groups is 1. The number of carbonyl (C=O) groups is 2. The Bertz CT molecular complexity index is 1410. The molecule has 4 heterocycles. The molecule has 1 fully saturated rings. The van der Waals surface area contributed by atoms with Crippen LogP contribution < -0.4 is 25.2 Å². The van der Waals surface area contributed by atoms with Crippen molar-refractivity contribution >= 4 is 29.3 Å². The normalized spacial score (nSPS) is 17.4. The van der Waals surface area contributed by atoms with Gasteiger partial charge in [-0.1, -0.05) is 30.3 Å². The van der Waals surface area contributed by atoms with E-state index < -0.39 is 36.9 Å². The summed E-state index contributed by atoms with van der Waals surface area (Å²) in [7, 11) is 0. The summed E-state index contributed by atoms with van der Waals surface area (Å²) in [5.74, 6) is -0.462. The van der Waals surface area contributed by atoms with Gasteiger partial charge in [0.1, 0.15) is 30.0 Å². The summed E-state index contributed by atoms with van der Waals surface area (Å²) >= 11 is 0. The van der Waals surface area contributed by atoms with Gasteiger partial charge in [0, 0.05) is 25.4 Å². The molecule has 0 spiro atoms. The third kappa shape index (κ3) is 6.18. The Balaban J connectivity index is 1.38. The molecule has 3 amide bonds. The number of hydrogen-bond acceptors (Lipinski definition) is 8. The number of rotatable bonds is 8. The van der Waals surface area contributed by atoms with E-state index in [1.807, 2.05) is 10.2 Å². The van der Waals surface area contributed by atoms with Crippen molar-refractivity contribution in [3.63, 3.8) is 0 Å². The molecule has 1 saturated heterocycles. The highest BCUT2D eigenvalue weighted by atomic mass is 19.4. The third-order valence-corrected chi connectivity index (χ3v) is 6.76. The minimum Gasteiger partial charge on any atom is -0.491 e. The van der Waals surface area contributed by atoms with E-state index in [0.29, 0.717) is 30.9 Å². The number of aliphatic hydroxyl groups excluding tert-OH is 2. The summed E-state index contributed by atoms with van der Waals surface area (Å²) in [6.07, 6.45) is -3.82. The summed E-state index contributed by atoms with van der Waals surface area (Å²) < 4.78 is 46.9. The van der Waals surface area contributed by atoms with E-state index in [1.165, 1.54) is 53.6 Å². The van der Waals surface area contributed by atoms with Crippen LogP contribution in [0.1, 0.15) is 28.5 Å². The highest BCUT2D eigenvalue weighted by molar-refractivity contribution is 6.05. The average Bonchev–Trinajstić information content (AvgIpc) is 3.38. The molecule has 2 bridgehead atoms. The molecule has 14 heteroatoms. The maximum absolute atomic E-state index is 13.8. The number of halogens is 3.